The second-order valence-electron chi connectivity index (χ2n) is 6.10. The standard InChI is InChI=1S/C16H18N2O5S2/c19-14(6-7-15(20)21)17-16-18(8-11-4-2-1-3-5-11)12-9-25(22,23)10-13(12)24-16/h1-5,12-13H,6-10H2,(H,20,21)/t12-,13-/m0/s1. The number of fused-ring (bicyclic) bond motifs is 1. The number of carboxylic acid groups (broad SMARTS) is 1. The van der Waals surface area contributed by atoms with E-state index in [9.17, 15) is 18.0 Å². The van der Waals surface area contributed by atoms with Crippen LogP contribution in [0.4, 0.5) is 0 Å². The minimum atomic E-state index is -3.08. The van der Waals surface area contributed by atoms with Crippen LogP contribution in [0.1, 0.15) is 18.4 Å². The molecule has 1 amide bonds. The average Bonchev–Trinajstić information content (AvgIpc) is 2.99. The Labute approximate surface area is 150 Å². The Morgan fingerprint density at radius 1 is 1.20 bits per heavy atom. The molecule has 1 aromatic carbocycles. The normalized spacial score (nSPS) is 25.9. The van der Waals surface area contributed by atoms with Crippen LogP contribution in [0.25, 0.3) is 0 Å². The van der Waals surface area contributed by atoms with Crippen molar-refractivity contribution in [3.63, 3.8) is 0 Å². The molecule has 0 aromatic heterocycles. The smallest absolute Gasteiger partial charge is 0.303 e. The van der Waals surface area contributed by atoms with Crippen LogP contribution >= 0.6 is 11.8 Å². The van der Waals surface area contributed by atoms with E-state index in [1.54, 1.807) is 0 Å². The van der Waals surface area contributed by atoms with Gasteiger partial charge in [-0.3, -0.25) is 9.59 Å². The molecule has 2 saturated heterocycles. The molecule has 0 bridgehead atoms. The number of amidine groups is 1. The van der Waals surface area contributed by atoms with E-state index in [-0.39, 0.29) is 35.6 Å². The monoisotopic (exact) mass is 382 g/mol. The highest BCUT2D eigenvalue weighted by Crippen LogP contribution is 2.39. The van der Waals surface area contributed by atoms with E-state index < -0.39 is 21.7 Å². The van der Waals surface area contributed by atoms with Gasteiger partial charge in [-0.05, 0) is 5.56 Å². The molecule has 25 heavy (non-hydrogen) atoms. The lowest BCUT2D eigenvalue weighted by atomic mass is 10.1. The summed E-state index contributed by atoms with van der Waals surface area (Å²) in [6.07, 6.45) is -0.424. The Hall–Kier alpha value is -1.87. The van der Waals surface area contributed by atoms with Crippen molar-refractivity contribution >= 4 is 38.6 Å². The van der Waals surface area contributed by atoms with E-state index in [0.717, 1.165) is 5.56 Å². The molecule has 0 saturated carbocycles. The highest BCUT2D eigenvalue weighted by atomic mass is 32.2. The van der Waals surface area contributed by atoms with E-state index in [0.29, 0.717) is 11.7 Å². The minimum Gasteiger partial charge on any atom is -0.481 e. The van der Waals surface area contributed by atoms with Crippen LogP contribution in [0.5, 0.6) is 0 Å². The topological polar surface area (TPSA) is 104 Å². The van der Waals surface area contributed by atoms with Gasteiger partial charge in [0.05, 0.1) is 24.0 Å². The highest BCUT2D eigenvalue weighted by molar-refractivity contribution is 8.15. The van der Waals surface area contributed by atoms with Gasteiger partial charge in [0.1, 0.15) is 0 Å². The Bertz CT molecular complexity index is 807. The van der Waals surface area contributed by atoms with Crippen LogP contribution in [0, 0.1) is 0 Å². The third-order valence-electron chi connectivity index (χ3n) is 4.14. The molecule has 1 N–H and O–H groups in total. The second kappa shape index (κ2) is 7.17. The van der Waals surface area contributed by atoms with Crippen molar-refractivity contribution < 1.29 is 23.1 Å². The van der Waals surface area contributed by atoms with Gasteiger partial charge in [-0.2, -0.15) is 4.99 Å². The van der Waals surface area contributed by atoms with Crippen molar-refractivity contribution in [2.45, 2.75) is 30.7 Å². The molecular formula is C16H18N2O5S2. The first-order valence-electron chi connectivity index (χ1n) is 7.85. The number of benzene rings is 1. The van der Waals surface area contributed by atoms with Gasteiger partial charge >= 0.3 is 5.97 Å². The summed E-state index contributed by atoms with van der Waals surface area (Å²) in [6.45, 7) is 0.468. The number of thioether (sulfide) groups is 1. The number of rotatable bonds is 5. The van der Waals surface area contributed by atoms with E-state index in [2.05, 4.69) is 4.99 Å². The van der Waals surface area contributed by atoms with Gasteiger partial charge in [-0.1, -0.05) is 42.1 Å². The number of carboxylic acids is 1. The number of hydrogen-bond donors (Lipinski definition) is 1. The number of carbonyl (C=O) groups is 2. The number of sulfone groups is 1. The predicted octanol–water partition coefficient (Wildman–Crippen LogP) is 1.15. The van der Waals surface area contributed by atoms with E-state index in [1.165, 1.54) is 11.8 Å². The van der Waals surface area contributed by atoms with Gasteiger partial charge in [-0.25, -0.2) is 8.42 Å². The van der Waals surface area contributed by atoms with Crippen molar-refractivity contribution in [3.8, 4) is 0 Å². The van der Waals surface area contributed by atoms with Crippen molar-refractivity contribution in [1.29, 1.82) is 0 Å². The van der Waals surface area contributed by atoms with E-state index in [4.69, 9.17) is 5.11 Å². The van der Waals surface area contributed by atoms with Crippen LogP contribution in [0.2, 0.25) is 0 Å². The highest BCUT2D eigenvalue weighted by Gasteiger charge is 2.48. The lowest BCUT2D eigenvalue weighted by Crippen LogP contribution is -2.37. The fourth-order valence-corrected chi connectivity index (χ4v) is 6.95. The summed E-state index contributed by atoms with van der Waals surface area (Å²) < 4.78 is 23.9. The maximum absolute atomic E-state index is 11.9. The van der Waals surface area contributed by atoms with Crippen molar-refractivity contribution in [2.75, 3.05) is 11.5 Å². The van der Waals surface area contributed by atoms with Gasteiger partial charge in [-0.15, -0.1) is 0 Å². The van der Waals surface area contributed by atoms with Crippen molar-refractivity contribution in [2.24, 2.45) is 4.99 Å². The second-order valence-corrected chi connectivity index (χ2v) is 9.46. The van der Waals surface area contributed by atoms with E-state index in [1.807, 2.05) is 35.2 Å². The number of aliphatic carboxylic acids is 1. The number of carbonyl (C=O) groups excluding carboxylic acids is 1. The number of nitrogens with zero attached hydrogens (tertiary/aromatic N) is 2. The maximum atomic E-state index is 11.9. The van der Waals surface area contributed by atoms with Crippen LogP contribution in [0.3, 0.4) is 0 Å². The summed E-state index contributed by atoms with van der Waals surface area (Å²) in [5.41, 5.74) is 0.999. The van der Waals surface area contributed by atoms with E-state index >= 15 is 0 Å². The number of amides is 1. The quantitative estimate of drug-likeness (QED) is 0.814. The molecule has 0 spiro atoms. The van der Waals surface area contributed by atoms with Gasteiger partial charge < -0.3 is 10.0 Å². The Balaban J connectivity index is 1.81. The van der Waals surface area contributed by atoms with Crippen molar-refractivity contribution in [1.82, 2.24) is 4.90 Å². The third kappa shape index (κ3) is 4.40. The number of aliphatic imine (C=N–C) groups is 1. The zero-order valence-corrected chi connectivity index (χ0v) is 15.0. The fraction of sp³-hybridized carbons (Fsp3) is 0.438. The summed E-state index contributed by atoms with van der Waals surface area (Å²) in [6, 6.07) is 9.36. The molecule has 7 nitrogen and oxygen atoms in total. The van der Waals surface area contributed by atoms with Gasteiger partial charge in [0.25, 0.3) is 0 Å². The summed E-state index contributed by atoms with van der Waals surface area (Å²) in [5, 5.41) is 9.03. The SMILES string of the molecule is O=C(O)CCC(=O)N=C1S[C@H]2CS(=O)(=O)C[C@@H]2N1Cc1ccccc1. The largest absolute Gasteiger partial charge is 0.481 e. The molecule has 0 aliphatic carbocycles. The first kappa shape index (κ1) is 17.9. The third-order valence-corrected chi connectivity index (χ3v) is 7.39. The zero-order chi connectivity index (χ0) is 18.0. The lowest BCUT2D eigenvalue weighted by Gasteiger charge is -2.24. The van der Waals surface area contributed by atoms with Gasteiger partial charge in [0, 0.05) is 18.2 Å². The van der Waals surface area contributed by atoms with Crippen LogP contribution < -0.4 is 0 Å². The Morgan fingerprint density at radius 2 is 1.92 bits per heavy atom. The minimum absolute atomic E-state index is 0.0554. The first-order valence-corrected chi connectivity index (χ1v) is 10.5. The summed E-state index contributed by atoms with van der Waals surface area (Å²) in [7, 11) is -3.08. The fourth-order valence-electron chi connectivity index (χ4n) is 2.98. The number of hydrogen-bond acceptors (Lipinski definition) is 5. The zero-order valence-electron chi connectivity index (χ0n) is 13.4. The summed E-state index contributed by atoms with van der Waals surface area (Å²) in [4.78, 5) is 28.5. The molecule has 134 valence electrons. The van der Waals surface area contributed by atoms with Crippen LogP contribution in [-0.4, -0.2) is 58.3 Å². The molecule has 1 aromatic rings. The molecule has 2 aliphatic rings. The van der Waals surface area contributed by atoms with Crippen LogP contribution in [0.15, 0.2) is 35.3 Å². The molecule has 2 atom stereocenters. The molecule has 2 heterocycles. The summed E-state index contributed by atoms with van der Waals surface area (Å²) >= 11 is 1.30. The molecule has 2 fully saturated rings. The molecule has 2 aliphatic heterocycles. The molecule has 9 heteroatoms. The molecular weight excluding hydrogens is 364 g/mol. The Morgan fingerprint density at radius 3 is 2.60 bits per heavy atom. The van der Waals surface area contributed by atoms with Gasteiger partial charge in [0.15, 0.2) is 15.0 Å². The molecule has 3 rings (SSSR count). The average molecular weight is 382 g/mol. The summed E-state index contributed by atoms with van der Waals surface area (Å²) in [5.74, 6) is -1.40. The maximum Gasteiger partial charge on any atom is 0.303 e. The lowest BCUT2D eigenvalue weighted by molar-refractivity contribution is -0.138. The van der Waals surface area contributed by atoms with Gasteiger partial charge in [0.2, 0.25) is 5.91 Å². The van der Waals surface area contributed by atoms with Crippen molar-refractivity contribution in [3.05, 3.63) is 35.9 Å². The predicted molar refractivity (Wildman–Crippen MR) is 95.1 cm³/mol. The first-order chi connectivity index (χ1) is 11.8. The molecule has 0 unspecified atom stereocenters. The van der Waals surface area contributed by atoms with Crippen LogP contribution in [-0.2, 0) is 26.0 Å². The Kier molecular flexibility index (Phi) is 5.14. The molecule has 0 radical (unpaired) electrons.